The second-order valence-electron chi connectivity index (χ2n) is 2.32. The molecule has 0 aliphatic carbocycles. The molecule has 1 aliphatic heterocycles. The molecule has 2 heteroatoms. The van der Waals surface area contributed by atoms with Gasteiger partial charge in [-0.05, 0) is 12.8 Å². The van der Waals surface area contributed by atoms with E-state index in [2.05, 4.69) is 13.8 Å². The summed E-state index contributed by atoms with van der Waals surface area (Å²) >= 11 is 0. The first-order valence-electron chi connectivity index (χ1n) is 3.99. The van der Waals surface area contributed by atoms with E-state index in [-0.39, 0.29) is 19.5 Å². The first kappa shape index (κ1) is 13.2. The Morgan fingerprint density at radius 2 is 1.40 bits per heavy atom. The van der Waals surface area contributed by atoms with Crippen LogP contribution in [0.25, 0.3) is 0 Å². The van der Waals surface area contributed by atoms with Crippen molar-refractivity contribution in [1.82, 2.24) is 0 Å². The third kappa shape index (κ3) is 11.4. The number of hydrogen-bond acceptors (Lipinski definition) is 1. The molecule has 0 atom stereocenters. The van der Waals surface area contributed by atoms with Gasteiger partial charge in [-0.15, -0.1) is 0 Å². The van der Waals surface area contributed by atoms with E-state index >= 15 is 0 Å². The minimum Gasteiger partial charge on any atom is -0.381 e. The Labute approximate surface area is 77.3 Å². The van der Waals surface area contributed by atoms with Gasteiger partial charge in [-0.3, -0.25) is 0 Å². The molecule has 0 saturated carbocycles. The van der Waals surface area contributed by atoms with Crippen LogP contribution in [-0.4, -0.2) is 13.2 Å². The SMILES string of the molecule is C1CCOC1.CCCC.[Zn]. The Balaban J connectivity index is 0. The molecule has 0 unspecified atom stereocenters. The predicted molar refractivity (Wildman–Crippen MR) is 40.6 cm³/mol. The molecule has 0 radical (unpaired) electrons. The van der Waals surface area contributed by atoms with Gasteiger partial charge < -0.3 is 4.74 Å². The summed E-state index contributed by atoms with van der Waals surface area (Å²) in [6, 6.07) is 0. The summed E-state index contributed by atoms with van der Waals surface area (Å²) in [7, 11) is 0. The van der Waals surface area contributed by atoms with Crippen molar-refractivity contribution in [2.24, 2.45) is 0 Å². The second kappa shape index (κ2) is 12.3. The van der Waals surface area contributed by atoms with Crippen molar-refractivity contribution < 1.29 is 24.2 Å². The molecular formula is C8H18OZn. The van der Waals surface area contributed by atoms with Crippen molar-refractivity contribution >= 4 is 0 Å². The Morgan fingerprint density at radius 3 is 1.50 bits per heavy atom. The maximum Gasteiger partial charge on any atom is 0.0466 e. The van der Waals surface area contributed by atoms with E-state index in [4.69, 9.17) is 4.74 Å². The zero-order valence-corrected chi connectivity index (χ0v) is 10.3. The van der Waals surface area contributed by atoms with Crippen molar-refractivity contribution in [1.29, 1.82) is 0 Å². The Bertz CT molecular complexity index is 34.9. The molecule has 0 N–H and O–H groups in total. The largest absolute Gasteiger partial charge is 0.381 e. The molecule has 1 fully saturated rings. The Kier molecular flexibility index (Phi) is 16.2. The van der Waals surface area contributed by atoms with Crippen molar-refractivity contribution in [2.45, 2.75) is 39.5 Å². The minimum atomic E-state index is 0. The first-order valence-corrected chi connectivity index (χ1v) is 3.99. The standard InChI is InChI=1S/C4H8O.C4H10.Zn/c1-2-4-5-3-1;1-3-4-2;/h1-4H2;3-4H2,1-2H3;. The quantitative estimate of drug-likeness (QED) is 0.585. The molecule has 58 valence electrons. The van der Waals surface area contributed by atoms with E-state index in [0.29, 0.717) is 0 Å². The number of ether oxygens (including phenoxy) is 1. The molecule has 1 aliphatic rings. The van der Waals surface area contributed by atoms with E-state index < -0.39 is 0 Å². The van der Waals surface area contributed by atoms with Crippen LogP contribution in [0, 0.1) is 0 Å². The van der Waals surface area contributed by atoms with Gasteiger partial charge in [0, 0.05) is 32.7 Å². The smallest absolute Gasteiger partial charge is 0.0466 e. The van der Waals surface area contributed by atoms with Crippen LogP contribution in [0.3, 0.4) is 0 Å². The van der Waals surface area contributed by atoms with Crippen LogP contribution in [0.5, 0.6) is 0 Å². The number of unbranched alkanes of at least 4 members (excludes halogenated alkanes) is 1. The van der Waals surface area contributed by atoms with E-state index in [9.17, 15) is 0 Å². The van der Waals surface area contributed by atoms with Gasteiger partial charge >= 0.3 is 0 Å². The fourth-order valence-corrected chi connectivity index (χ4v) is 0.510. The Hall–Kier alpha value is 0.583. The van der Waals surface area contributed by atoms with Gasteiger partial charge in [0.25, 0.3) is 0 Å². The van der Waals surface area contributed by atoms with Crippen LogP contribution in [0.2, 0.25) is 0 Å². The maximum absolute atomic E-state index is 4.94. The van der Waals surface area contributed by atoms with Crippen LogP contribution in [0.4, 0.5) is 0 Å². The molecule has 1 saturated heterocycles. The molecule has 10 heavy (non-hydrogen) atoms. The molecule has 0 aromatic carbocycles. The first-order chi connectivity index (χ1) is 4.41. The summed E-state index contributed by atoms with van der Waals surface area (Å²) in [5.41, 5.74) is 0. The predicted octanol–water partition coefficient (Wildman–Crippen LogP) is 2.60. The summed E-state index contributed by atoms with van der Waals surface area (Å²) < 4.78 is 4.94. The molecule has 0 spiro atoms. The monoisotopic (exact) mass is 194 g/mol. The topological polar surface area (TPSA) is 9.23 Å². The fourth-order valence-electron chi connectivity index (χ4n) is 0.510. The molecular weight excluding hydrogens is 177 g/mol. The van der Waals surface area contributed by atoms with Crippen molar-refractivity contribution in [3.05, 3.63) is 0 Å². The van der Waals surface area contributed by atoms with Crippen molar-refractivity contribution in [2.75, 3.05) is 13.2 Å². The van der Waals surface area contributed by atoms with Crippen LogP contribution in [-0.2, 0) is 24.2 Å². The van der Waals surface area contributed by atoms with E-state index in [1.54, 1.807) is 0 Å². The van der Waals surface area contributed by atoms with Gasteiger partial charge in [-0.2, -0.15) is 0 Å². The fraction of sp³-hybridized carbons (Fsp3) is 1.00. The average molecular weight is 196 g/mol. The van der Waals surface area contributed by atoms with Gasteiger partial charge in [0.15, 0.2) is 0 Å². The van der Waals surface area contributed by atoms with Crippen LogP contribution >= 0.6 is 0 Å². The Morgan fingerprint density at radius 1 is 1.00 bits per heavy atom. The van der Waals surface area contributed by atoms with E-state index in [1.165, 1.54) is 25.7 Å². The average Bonchev–Trinajstić information content (AvgIpc) is 2.43. The number of hydrogen-bond donors (Lipinski definition) is 0. The summed E-state index contributed by atoms with van der Waals surface area (Å²) in [5, 5.41) is 0. The normalized spacial score (nSPS) is 15.0. The minimum absolute atomic E-state index is 0. The zero-order chi connectivity index (χ0) is 6.95. The molecule has 1 heterocycles. The van der Waals surface area contributed by atoms with Gasteiger partial charge in [0.05, 0.1) is 0 Å². The summed E-state index contributed by atoms with van der Waals surface area (Å²) in [4.78, 5) is 0. The van der Waals surface area contributed by atoms with Gasteiger partial charge in [-0.1, -0.05) is 26.7 Å². The van der Waals surface area contributed by atoms with E-state index in [1.807, 2.05) is 0 Å². The summed E-state index contributed by atoms with van der Waals surface area (Å²) in [5.74, 6) is 0. The van der Waals surface area contributed by atoms with Crippen LogP contribution < -0.4 is 0 Å². The van der Waals surface area contributed by atoms with Gasteiger partial charge in [-0.25, -0.2) is 0 Å². The van der Waals surface area contributed by atoms with Gasteiger partial charge in [0.2, 0.25) is 0 Å². The number of rotatable bonds is 1. The zero-order valence-electron chi connectivity index (χ0n) is 7.36. The van der Waals surface area contributed by atoms with E-state index in [0.717, 1.165) is 13.2 Å². The van der Waals surface area contributed by atoms with Crippen molar-refractivity contribution in [3.63, 3.8) is 0 Å². The van der Waals surface area contributed by atoms with Crippen LogP contribution in [0.1, 0.15) is 39.5 Å². The molecule has 1 nitrogen and oxygen atoms in total. The molecule has 0 aromatic heterocycles. The maximum atomic E-state index is 4.94. The summed E-state index contributed by atoms with van der Waals surface area (Å²) in [6.07, 6.45) is 5.19. The summed E-state index contributed by atoms with van der Waals surface area (Å²) in [6.45, 7) is 6.36. The van der Waals surface area contributed by atoms with Crippen molar-refractivity contribution in [3.8, 4) is 0 Å². The molecule has 0 aromatic rings. The molecule has 0 bridgehead atoms. The molecule has 1 rings (SSSR count). The third-order valence-corrected chi connectivity index (χ3v) is 1.33. The third-order valence-electron chi connectivity index (χ3n) is 1.33. The molecule has 0 amide bonds. The van der Waals surface area contributed by atoms with Crippen LogP contribution in [0.15, 0.2) is 0 Å². The second-order valence-corrected chi connectivity index (χ2v) is 2.32. The van der Waals surface area contributed by atoms with Gasteiger partial charge in [0.1, 0.15) is 0 Å².